The maximum Gasteiger partial charge on any atom is 0.231 e. The lowest BCUT2D eigenvalue weighted by Crippen LogP contribution is -2.42. The van der Waals surface area contributed by atoms with Crippen LogP contribution in [-0.2, 0) is 11.3 Å². The average Bonchev–Trinajstić information content (AvgIpc) is 3.19. The largest absolute Gasteiger partial charge is 0.497 e. The number of hydrogen-bond acceptors (Lipinski definition) is 5. The quantitative estimate of drug-likeness (QED) is 0.717. The summed E-state index contributed by atoms with van der Waals surface area (Å²) in [4.78, 5) is 17.4. The van der Waals surface area contributed by atoms with Gasteiger partial charge in [0.25, 0.3) is 0 Å². The Labute approximate surface area is 163 Å². The van der Waals surface area contributed by atoms with Gasteiger partial charge in [-0.1, -0.05) is 49.0 Å². The van der Waals surface area contributed by atoms with E-state index in [2.05, 4.69) is 27.3 Å². The van der Waals surface area contributed by atoms with Gasteiger partial charge in [-0.25, -0.2) is 4.68 Å². The third-order valence-electron chi connectivity index (χ3n) is 4.83. The summed E-state index contributed by atoms with van der Waals surface area (Å²) in [6.45, 7) is 4.53. The van der Waals surface area contributed by atoms with E-state index in [1.54, 1.807) is 11.8 Å². The van der Waals surface area contributed by atoms with Crippen LogP contribution >= 0.6 is 0 Å². The van der Waals surface area contributed by atoms with Crippen LogP contribution in [-0.4, -0.2) is 27.8 Å². The van der Waals surface area contributed by atoms with E-state index in [0.717, 1.165) is 11.1 Å². The Morgan fingerprint density at radius 3 is 2.86 bits per heavy atom. The molecule has 0 saturated carbocycles. The predicted molar refractivity (Wildman–Crippen MR) is 106 cm³/mol. The topological polar surface area (TPSA) is 81.1 Å². The highest BCUT2D eigenvalue weighted by Gasteiger charge is 2.39. The number of rotatable bonds is 5. The molecule has 0 spiro atoms. The molecule has 1 aliphatic heterocycles. The molecule has 142 valence electrons. The number of anilines is 1. The van der Waals surface area contributed by atoms with Gasteiger partial charge in [0.05, 0.1) is 13.2 Å². The van der Waals surface area contributed by atoms with E-state index in [9.17, 15) is 4.79 Å². The number of fused-ring (bicyclic) bond motifs is 1. The Morgan fingerprint density at radius 2 is 2.07 bits per heavy atom. The molecule has 0 aliphatic carbocycles. The second-order valence-electron chi connectivity index (χ2n) is 6.58. The molecule has 1 aromatic heterocycles. The molecule has 2 aromatic carbocycles. The third-order valence-corrected chi connectivity index (χ3v) is 4.83. The van der Waals surface area contributed by atoms with Gasteiger partial charge in [-0.15, -0.1) is 0 Å². The fraction of sp³-hybridized carbons (Fsp3) is 0.190. The zero-order valence-corrected chi connectivity index (χ0v) is 15.5. The standard InChI is InChI=1S/C21H21N5O2/c1-14-18(20(27)22-12-15-7-4-3-5-8-15)19(26-21(25-14)23-13-24-26)16-9-6-10-17(11-16)28-2/h3-11,13,18-19H,1,12H2,2H3,(H,22,27)(H,23,24,25)/t18-,19-/m1/s1. The molecule has 2 heterocycles. The minimum absolute atomic E-state index is 0.129. The van der Waals surface area contributed by atoms with E-state index in [0.29, 0.717) is 23.9 Å². The van der Waals surface area contributed by atoms with Crippen molar-refractivity contribution >= 4 is 11.9 Å². The molecular formula is C21H21N5O2. The number of ether oxygens (including phenoxy) is 1. The summed E-state index contributed by atoms with van der Waals surface area (Å²) in [5.41, 5.74) is 2.51. The van der Waals surface area contributed by atoms with Crippen LogP contribution in [0.5, 0.6) is 5.75 Å². The second kappa shape index (κ2) is 7.56. The first-order valence-electron chi connectivity index (χ1n) is 8.98. The van der Waals surface area contributed by atoms with Gasteiger partial charge in [0.2, 0.25) is 11.9 Å². The van der Waals surface area contributed by atoms with Crippen LogP contribution in [0.4, 0.5) is 5.95 Å². The van der Waals surface area contributed by atoms with Crippen molar-refractivity contribution in [3.05, 3.63) is 84.3 Å². The van der Waals surface area contributed by atoms with E-state index in [1.807, 2.05) is 54.6 Å². The predicted octanol–water partition coefficient (Wildman–Crippen LogP) is 2.75. The number of carbonyl (C=O) groups excluding carboxylic acids is 1. The highest BCUT2D eigenvalue weighted by molar-refractivity contribution is 5.84. The van der Waals surface area contributed by atoms with E-state index < -0.39 is 5.92 Å². The Hall–Kier alpha value is -3.61. The van der Waals surface area contributed by atoms with Crippen molar-refractivity contribution in [2.75, 3.05) is 12.4 Å². The molecule has 3 aromatic rings. The van der Waals surface area contributed by atoms with Gasteiger partial charge >= 0.3 is 0 Å². The highest BCUT2D eigenvalue weighted by Crippen LogP contribution is 2.38. The Bertz CT molecular complexity index is 999. The van der Waals surface area contributed by atoms with Crippen LogP contribution in [0.1, 0.15) is 17.2 Å². The van der Waals surface area contributed by atoms with Crippen molar-refractivity contribution in [1.29, 1.82) is 0 Å². The van der Waals surface area contributed by atoms with Gasteiger partial charge in [-0.3, -0.25) is 4.79 Å². The number of nitrogens with zero attached hydrogens (tertiary/aromatic N) is 3. The van der Waals surface area contributed by atoms with Crippen LogP contribution in [0, 0.1) is 5.92 Å². The molecule has 7 heteroatoms. The zero-order chi connectivity index (χ0) is 19.5. The van der Waals surface area contributed by atoms with Crippen LogP contribution in [0.2, 0.25) is 0 Å². The molecule has 28 heavy (non-hydrogen) atoms. The van der Waals surface area contributed by atoms with E-state index in [1.165, 1.54) is 6.33 Å². The molecule has 0 bridgehead atoms. The Kier molecular flexibility index (Phi) is 4.80. The molecule has 0 unspecified atom stereocenters. The maximum atomic E-state index is 13.1. The number of carbonyl (C=O) groups is 1. The molecule has 2 N–H and O–H groups in total. The molecular weight excluding hydrogens is 354 g/mol. The lowest BCUT2D eigenvalue weighted by Gasteiger charge is -2.33. The lowest BCUT2D eigenvalue weighted by molar-refractivity contribution is -0.125. The number of methoxy groups -OCH3 is 1. The van der Waals surface area contributed by atoms with Gasteiger partial charge in [0, 0.05) is 12.2 Å². The van der Waals surface area contributed by atoms with Gasteiger partial charge in [-0.2, -0.15) is 10.1 Å². The van der Waals surface area contributed by atoms with E-state index >= 15 is 0 Å². The fourth-order valence-electron chi connectivity index (χ4n) is 3.45. The van der Waals surface area contributed by atoms with Crippen molar-refractivity contribution in [1.82, 2.24) is 20.1 Å². The summed E-state index contributed by atoms with van der Waals surface area (Å²) >= 11 is 0. The van der Waals surface area contributed by atoms with Crippen LogP contribution in [0.25, 0.3) is 0 Å². The minimum atomic E-state index is -0.551. The van der Waals surface area contributed by atoms with Crippen molar-refractivity contribution in [2.24, 2.45) is 5.92 Å². The molecule has 0 saturated heterocycles. The van der Waals surface area contributed by atoms with E-state index in [-0.39, 0.29) is 11.9 Å². The first kappa shape index (κ1) is 17.8. The lowest BCUT2D eigenvalue weighted by atomic mass is 9.88. The summed E-state index contributed by atoms with van der Waals surface area (Å²) in [6.07, 6.45) is 1.47. The van der Waals surface area contributed by atoms with Crippen molar-refractivity contribution < 1.29 is 9.53 Å². The number of nitrogens with one attached hydrogen (secondary N) is 2. The normalized spacial score (nSPS) is 18.1. The number of benzene rings is 2. The summed E-state index contributed by atoms with van der Waals surface area (Å²) in [6, 6.07) is 17.0. The van der Waals surface area contributed by atoms with Gasteiger partial charge in [0.15, 0.2) is 0 Å². The monoisotopic (exact) mass is 375 g/mol. The molecule has 0 radical (unpaired) electrons. The molecule has 1 amide bonds. The van der Waals surface area contributed by atoms with Gasteiger partial charge in [-0.05, 0) is 23.3 Å². The summed E-state index contributed by atoms with van der Waals surface area (Å²) in [5.74, 6) is 0.594. The van der Waals surface area contributed by atoms with Crippen molar-refractivity contribution in [3.63, 3.8) is 0 Å². The zero-order valence-electron chi connectivity index (χ0n) is 15.5. The Balaban J connectivity index is 1.67. The highest BCUT2D eigenvalue weighted by atomic mass is 16.5. The second-order valence-corrected chi connectivity index (χ2v) is 6.58. The molecule has 4 rings (SSSR count). The smallest absolute Gasteiger partial charge is 0.231 e. The third kappa shape index (κ3) is 3.34. The van der Waals surface area contributed by atoms with E-state index in [4.69, 9.17) is 4.74 Å². The van der Waals surface area contributed by atoms with Gasteiger partial charge < -0.3 is 15.4 Å². The Morgan fingerprint density at radius 1 is 1.25 bits per heavy atom. The summed E-state index contributed by atoms with van der Waals surface area (Å²) in [5, 5.41) is 10.5. The SMILES string of the molecule is C=C1Nc2ncnn2[C@H](c2cccc(OC)c2)[C@@H]1C(=O)NCc1ccccc1. The molecule has 1 aliphatic rings. The summed E-state index contributed by atoms with van der Waals surface area (Å²) in [7, 11) is 1.62. The first-order chi connectivity index (χ1) is 13.7. The number of hydrogen-bond donors (Lipinski definition) is 2. The molecule has 2 atom stereocenters. The first-order valence-corrected chi connectivity index (χ1v) is 8.98. The van der Waals surface area contributed by atoms with Crippen molar-refractivity contribution in [2.45, 2.75) is 12.6 Å². The van der Waals surface area contributed by atoms with Crippen LogP contribution in [0.3, 0.4) is 0 Å². The van der Waals surface area contributed by atoms with Crippen LogP contribution < -0.4 is 15.4 Å². The van der Waals surface area contributed by atoms with Crippen molar-refractivity contribution in [3.8, 4) is 5.75 Å². The average molecular weight is 375 g/mol. The minimum Gasteiger partial charge on any atom is -0.497 e. The van der Waals surface area contributed by atoms with Crippen LogP contribution in [0.15, 0.2) is 73.2 Å². The fourth-order valence-corrected chi connectivity index (χ4v) is 3.45. The number of amides is 1. The number of aromatic nitrogens is 3. The summed E-state index contributed by atoms with van der Waals surface area (Å²) < 4.78 is 7.08. The van der Waals surface area contributed by atoms with Gasteiger partial charge in [0.1, 0.15) is 18.0 Å². The molecule has 0 fully saturated rings. The maximum absolute atomic E-state index is 13.1. The molecule has 7 nitrogen and oxygen atoms in total.